The van der Waals surface area contributed by atoms with Crippen LogP contribution < -0.4 is 15.4 Å². The fourth-order valence-electron chi connectivity index (χ4n) is 3.52. The van der Waals surface area contributed by atoms with Crippen molar-refractivity contribution in [1.29, 1.82) is 0 Å². The minimum absolute atomic E-state index is 0.111. The van der Waals surface area contributed by atoms with Crippen LogP contribution in [0.2, 0.25) is 5.02 Å². The second-order valence-corrected chi connectivity index (χ2v) is 9.78. The van der Waals surface area contributed by atoms with E-state index in [9.17, 15) is 13.6 Å². The Balaban J connectivity index is 1.35. The zero-order valence-corrected chi connectivity index (χ0v) is 20.3. The van der Waals surface area contributed by atoms with E-state index in [1.165, 1.54) is 17.8 Å². The fourth-order valence-corrected chi connectivity index (χ4v) is 4.72. The number of hydrogen-bond acceptors (Lipinski definition) is 5. The number of halogens is 3. The molecule has 1 amide bonds. The first-order valence-electron chi connectivity index (χ1n) is 10.7. The number of nitrogens with zero attached hydrogens (tertiary/aromatic N) is 1. The summed E-state index contributed by atoms with van der Waals surface area (Å²) >= 11 is 7.53. The molecule has 4 rings (SSSR count). The van der Waals surface area contributed by atoms with Gasteiger partial charge in [0.1, 0.15) is 23.4 Å². The standard InChI is InChI=1S/C25H24ClF2N3O2S/c1-15-3-5-16(6-4-15)12-31(2)14-29-25(32)23-18(27)8-9-20(24(23)28)33-13-22-30-19-11-17(26)7-10-21(19)34-22/h3-11,22,30H,12-14H2,1-2H3,(H,29,32). The first-order chi connectivity index (χ1) is 16.3. The number of amides is 1. The quantitative estimate of drug-likeness (QED) is 0.388. The van der Waals surface area contributed by atoms with Crippen LogP contribution in [-0.4, -0.2) is 36.5 Å². The van der Waals surface area contributed by atoms with E-state index >= 15 is 0 Å². The van der Waals surface area contributed by atoms with E-state index in [0.717, 1.165) is 27.8 Å². The van der Waals surface area contributed by atoms with Crippen LogP contribution in [0.4, 0.5) is 14.5 Å². The lowest BCUT2D eigenvalue weighted by molar-refractivity contribution is 0.0918. The molecule has 1 aliphatic rings. The van der Waals surface area contributed by atoms with Gasteiger partial charge in [0.15, 0.2) is 11.6 Å². The average molecular weight is 504 g/mol. The summed E-state index contributed by atoms with van der Waals surface area (Å²) in [6.07, 6.45) is 0. The zero-order chi connectivity index (χ0) is 24.2. The molecule has 9 heteroatoms. The molecule has 1 atom stereocenters. The van der Waals surface area contributed by atoms with Crippen LogP contribution >= 0.6 is 23.4 Å². The lowest BCUT2D eigenvalue weighted by Gasteiger charge is -2.18. The van der Waals surface area contributed by atoms with Crippen molar-refractivity contribution >= 4 is 35.0 Å². The highest BCUT2D eigenvalue weighted by atomic mass is 35.5. The summed E-state index contributed by atoms with van der Waals surface area (Å²) in [7, 11) is 1.81. The van der Waals surface area contributed by atoms with Gasteiger partial charge in [-0.2, -0.15) is 0 Å². The van der Waals surface area contributed by atoms with Gasteiger partial charge < -0.3 is 15.4 Å². The molecule has 1 unspecified atom stereocenters. The van der Waals surface area contributed by atoms with Crippen LogP contribution in [0, 0.1) is 18.6 Å². The SMILES string of the molecule is Cc1ccc(CN(C)CNC(=O)c2c(F)ccc(OCC3Nc4cc(Cl)ccc4S3)c2F)cc1. The van der Waals surface area contributed by atoms with Crippen LogP contribution in [0.3, 0.4) is 0 Å². The van der Waals surface area contributed by atoms with Gasteiger partial charge in [0.05, 0.1) is 12.4 Å². The number of nitrogens with one attached hydrogen (secondary N) is 2. The molecule has 0 saturated carbocycles. The lowest BCUT2D eigenvalue weighted by atomic mass is 10.1. The molecule has 2 N–H and O–H groups in total. The van der Waals surface area contributed by atoms with Crippen LogP contribution in [0.1, 0.15) is 21.5 Å². The van der Waals surface area contributed by atoms with Gasteiger partial charge in [-0.1, -0.05) is 53.2 Å². The molecule has 1 aliphatic heterocycles. The van der Waals surface area contributed by atoms with Gasteiger partial charge in [0.25, 0.3) is 5.91 Å². The predicted octanol–water partition coefficient (Wildman–Crippen LogP) is 5.67. The van der Waals surface area contributed by atoms with Gasteiger partial charge in [-0.05, 0) is 49.9 Å². The Morgan fingerprint density at radius 1 is 1.18 bits per heavy atom. The number of ether oxygens (including phenoxy) is 1. The molecule has 1 heterocycles. The molecule has 178 valence electrons. The molecule has 34 heavy (non-hydrogen) atoms. The van der Waals surface area contributed by atoms with Gasteiger partial charge in [-0.15, -0.1) is 0 Å². The Bertz CT molecular complexity index is 1190. The molecule has 0 aromatic heterocycles. The Hall–Kier alpha value is -2.81. The van der Waals surface area contributed by atoms with Crippen molar-refractivity contribution in [1.82, 2.24) is 10.2 Å². The molecule has 0 aliphatic carbocycles. The van der Waals surface area contributed by atoms with Crippen molar-refractivity contribution < 1.29 is 18.3 Å². The van der Waals surface area contributed by atoms with Crippen LogP contribution in [0.25, 0.3) is 0 Å². The molecule has 3 aromatic rings. The number of benzene rings is 3. The highest BCUT2D eigenvalue weighted by molar-refractivity contribution is 8.00. The largest absolute Gasteiger partial charge is 0.487 e. The molecule has 0 saturated heterocycles. The number of aryl methyl sites for hydroxylation is 1. The lowest BCUT2D eigenvalue weighted by Crippen LogP contribution is -2.36. The van der Waals surface area contributed by atoms with E-state index in [-0.39, 0.29) is 24.4 Å². The fraction of sp³-hybridized carbons (Fsp3) is 0.240. The molecule has 3 aromatic carbocycles. The molecule has 5 nitrogen and oxygen atoms in total. The molecule has 0 fully saturated rings. The third-order valence-electron chi connectivity index (χ3n) is 5.28. The van der Waals surface area contributed by atoms with Gasteiger partial charge in [-0.3, -0.25) is 9.69 Å². The van der Waals surface area contributed by atoms with E-state index in [0.29, 0.717) is 11.6 Å². The van der Waals surface area contributed by atoms with Crippen molar-refractivity contribution in [2.24, 2.45) is 0 Å². The van der Waals surface area contributed by atoms with Gasteiger partial charge in [-0.25, -0.2) is 8.78 Å². The second-order valence-electron chi connectivity index (χ2n) is 8.10. The number of hydrogen-bond donors (Lipinski definition) is 2. The van der Waals surface area contributed by atoms with Crippen molar-refractivity contribution in [3.05, 3.63) is 87.9 Å². The van der Waals surface area contributed by atoms with Crippen LogP contribution in [-0.2, 0) is 6.54 Å². The predicted molar refractivity (Wildman–Crippen MR) is 132 cm³/mol. The van der Waals surface area contributed by atoms with Crippen molar-refractivity contribution in [2.45, 2.75) is 23.7 Å². The summed E-state index contributed by atoms with van der Waals surface area (Å²) in [6, 6.07) is 15.7. The summed E-state index contributed by atoms with van der Waals surface area (Å²) in [6.45, 7) is 2.82. The van der Waals surface area contributed by atoms with E-state index < -0.39 is 23.1 Å². The molecule has 0 bridgehead atoms. The van der Waals surface area contributed by atoms with E-state index in [1.807, 2.05) is 49.2 Å². The number of thioether (sulfide) groups is 1. The average Bonchev–Trinajstić information content (AvgIpc) is 3.20. The molecular formula is C25H24ClF2N3O2S. The zero-order valence-electron chi connectivity index (χ0n) is 18.7. The Labute approximate surface area is 206 Å². The Kier molecular flexibility index (Phi) is 7.60. The normalized spacial score (nSPS) is 14.6. The van der Waals surface area contributed by atoms with E-state index in [2.05, 4.69) is 10.6 Å². The minimum Gasteiger partial charge on any atom is -0.487 e. The van der Waals surface area contributed by atoms with Gasteiger partial charge in [0, 0.05) is 16.5 Å². The summed E-state index contributed by atoms with van der Waals surface area (Å²) in [5, 5.41) is 6.25. The van der Waals surface area contributed by atoms with Crippen molar-refractivity contribution in [2.75, 3.05) is 25.6 Å². The first kappa shape index (κ1) is 24.3. The summed E-state index contributed by atoms with van der Waals surface area (Å²) < 4.78 is 34.9. The summed E-state index contributed by atoms with van der Waals surface area (Å²) in [4.78, 5) is 15.4. The maximum Gasteiger partial charge on any atom is 0.258 e. The minimum atomic E-state index is -1.03. The number of carbonyl (C=O) groups is 1. The van der Waals surface area contributed by atoms with Crippen molar-refractivity contribution in [3.63, 3.8) is 0 Å². The molecular weight excluding hydrogens is 480 g/mol. The van der Waals surface area contributed by atoms with E-state index in [1.54, 1.807) is 12.1 Å². The first-order valence-corrected chi connectivity index (χ1v) is 11.9. The smallest absolute Gasteiger partial charge is 0.258 e. The number of rotatable bonds is 8. The number of fused-ring (bicyclic) bond motifs is 1. The summed E-state index contributed by atoms with van der Waals surface area (Å²) in [5.41, 5.74) is 2.44. The van der Waals surface area contributed by atoms with Gasteiger partial charge >= 0.3 is 0 Å². The third-order valence-corrected chi connectivity index (χ3v) is 6.67. The molecule has 0 radical (unpaired) electrons. The topological polar surface area (TPSA) is 53.6 Å². The van der Waals surface area contributed by atoms with E-state index in [4.69, 9.17) is 16.3 Å². The number of anilines is 1. The second kappa shape index (κ2) is 10.6. The third kappa shape index (κ3) is 5.81. The molecule has 0 spiro atoms. The maximum atomic E-state index is 15.0. The highest BCUT2D eigenvalue weighted by Gasteiger charge is 2.25. The highest BCUT2D eigenvalue weighted by Crippen LogP contribution is 2.40. The maximum absolute atomic E-state index is 15.0. The summed E-state index contributed by atoms with van der Waals surface area (Å²) in [5.74, 6) is -3.00. The Morgan fingerprint density at radius 3 is 2.71 bits per heavy atom. The van der Waals surface area contributed by atoms with Crippen LogP contribution in [0.5, 0.6) is 5.75 Å². The van der Waals surface area contributed by atoms with Crippen LogP contribution in [0.15, 0.2) is 59.5 Å². The van der Waals surface area contributed by atoms with Gasteiger partial charge in [0.2, 0.25) is 0 Å². The Morgan fingerprint density at radius 2 is 1.94 bits per heavy atom. The number of carbonyl (C=O) groups excluding carboxylic acids is 1. The monoisotopic (exact) mass is 503 g/mol. The van der Waals surface area contributed by atoms with Crippen molar-refractivity contribution in [3.8, 4) is 5.75 Å².